The molecule has 1 N–H and O–H groups in total. The number of nitrogens with one attached hydrogen (secondary N) is 1. The number of hydrogen-bond acceptors (Lipinski definition) is 4. The van der Waals surface area contributed by atoms with Gasteiger partial charge >= 0.3 is 0 Å². The Bertz CT molecular complexity index is 537. The minimum atomic E-state index is -3.31. The van der Waals surface area contributed by atoms with Gasteiger partial charge in [-0.25, -0.2) is 4.98 Å². The Balaban J connectivity index is 1.53. The molecule has 0 unspecified atom stereocenters. The van der Waals surface area contributed by atoms with Gasteiger partial charge in [0.25, 0.3) is 10.2 Å². The van der Waals surface area contributed by atoms with Crippen LogP contribution in [0.2, 0.25) is 0 Å². The lowest BCUT2D eigenvalue weighted by molar-refractivity contribution is 0.334. The standard InChI is InChI=1S/C13H20N4O2S/c18-20(19,17-8-4-1-5-9-17)15-12-10-16(11-12)13-6-2-3-7-14-13/h2-3,6-7,12,15H,1,4-5,8-11H2. The van der Waals surface area contributed by atoms with Crippen molar-refractivity contribution in [1.82, 2.24) is 14.0 Å². The van der Waals surface area contributed by atoms with Gasteiger partial charge in [0.15, 0.2) is 0 Å². The van der Waals surface area contributed by atoms with Crippen molar-refractivity contribution in [1.29, 1.82) is 0 Å². The lowest BCUT2D eigenvalue weighted by Crippen LogP contribution is -2.61. The van der Waals surface area contributed by atoms with Crippen molar-refractivity contribution in [3.05, 3.63) is 24.4 Å². The fourth-order valence-electron chi connectivity index (χ4n) is 2.67. The van der Waals surface area contributed by atoms with Crippen molar-refractivity contribution in [3.63, 3.8) is 0 Å². The molecule has 0 radical (unpaired) electrons. The van der Waals surface area contributed by atoms with E-state index in [1.54, 1.807) is 10.5 Å². The van der Waals surface area contributed by atoms with Crippen molar-refractivity contribution in [2.75, 3.05) is 31.1 Å². The lowest BCUT2D eigenvalue weighted by Gasteiger charge is -2.41. The van der Waals surface area contributed by atoms with Gasteiger partial charge in [-0.3, -0.25) is 0 Å². The Kier molecular flexibility index (Phi) is 3.91. The van der Waals surface area contributed by atoms with E-state index in [-0.39, 0.29) is 6.04 Å². The smallest absolute Gasteiger partial charge is 0.279 e. The van der Waals surface area contributed by atoms with Gasteiger partial charge in [-0.1, -0.05) is 12.5 Å². The number of rotatable bonds is 4. The molecule has 20 heavy (non-hydrogen) atoms. The molecule has 1 aromatic heterocycles. The molecule has 1 aromatic rings. The van der Waals surface area contributed by atoms with Crippen LogP contribution in [0.15, 0.2) is 24.4 Å². The van der Waals surface area contributed by atoms with Crippen LogP contribution >= 0.6 is 0 Å². The van der Waals surface area contributed by atoms with E-state index in [0.29, 0.717) is 26.2 Å². The van der Waals surface area contributed by atoms with E-state index >= 15 is 0 Å². The molecule has 2 aliphatic rings. The van der Waals surface area contributed by atoms with Crippen LogP contribution < -0.4 is 9.62 Å². The number of nitrogens with zero attached hydrogens (tertiary/aromatic N) is 3. The maximum absolute atomic E-state index is 12.2. The maximum atomic E-state index is 12.2. The van der Waals surface area contributed by atoms with E-state index in [4.69, 9.17) is 0 Å². The fourth-order valence-corrected chi connectivity index (χ4v) is 4.13. The summed E-state index contributed by atoms with van der Waals surface area (Å²) in [6.45, 7) is 2.66. The normalized spacial score (nSPS) is 21.7. The number of aromatic nitrogens is 1. The number of piperidine rings is 1. The molecule has 110 valence electrons. The zero-order valence-electron chi connectivity index (χ0n) is 11.4. The summed E-state index contributed by atoms with van der Waals surface area (Å²) in [5.41, 5.74) is 0. The van der Waals surface area contributed by atoms with Crippen molar-refractivity contribution >= 4 is 16.0 Å². The van der Waals surface area contributed by atoms with E-state index in [1.165, 1.54) is 0 Å². The highest BCUT2D eigenvalue weighted by Crippen LogP contribution is 2.19. The summed E-state index contributed by atoms with van der Waals surface area (Å²) >= 11 is 0. The van der Waals surface area contributed by atoms with Crippen LogP contribution in [0.4, 0.5) is 5.82 Å². The van der Waals surface area contributed by atoms with Crippen LogP contribution in [0.5, 0.6) is 0 Å². The first-order valence-corrected chi connectivity index (χ1v) is 8.52. The van der Waals surface area contributed by atoms with Crippen LogP contribution in [0, 0.1) is 0 Å². The fraction of sp³-hybridized carbons (Fsp3) is 0.615. The third kappa shape index (κ3) is 2.94. The molecule has 6 nitrogen and oxygen atoms in total. The van der Waals surface area contributed by atoms with Gasteiger partial charge < -0.3 is 4.90 Å². The monoisotopic (exact) mass is 296 g/mol. The Hall–Kier alpha value is -1.18. The van der Waals surface area contributed by atoms with Crippen molar-refractivity contribution in [2.24, 2.45) is 0 Å². The highest BCUT2D eigenvalue weighted by Gasteiger charge is 2.33. The second-order valence-corrected chi connectivity index (χ2v) is 7.07. The summed E-state index contributed by atoms with van der Waals surface area (Å²) < 4.78 is 28.8. The number of hydrogen-bond donors (Lipinski definition) is 1. The summed E-state index contributed by atoms with van der Waals surface area (Å²) in [6.07, 6.45) is 4.81. The van der Waals surface area contributed by atoms with Gasteiger partial charge in [0, 0.05) is 32.4 Å². The zero-order valence-corrected chi connectivity index (χ0v) is 12.2. The average Bonchev–Trinajstić information content (AvgIpc) is 2.44. The second kappa shape index (κ2) is 5.67. The molecule has 0 aromatic carbocycles. The van der Waals surface area contributed by atoms with Crippen LogP contribution in [0.3, 0.4) is 0 Å². The SMILES string of the molecule is O=S(=O)(NC1CN(c2ccccn2)C1)N1CCCCC1. The van der Waals surface area contributed by atoms with Gasteiger partial charge in [0.1, 0.15) is 5.82 Å². The molecule has 0 saturated carbocycles. The van der Waals surface area contributed by atoms with E-state index in [9.17, 15) is 8.42 Å². The van der Waals surface area contributed by atoms with Crippen molar-refractivity contribution in [3.8, 4) is 0 Å². The predicted octanol–water partition coefficient (Wildman–Crippen LogP) is 0.590. The molecule has 0 atom stereocenters. The molecule has 0 bridgehead atoms. The molecule has 0 spiro atoms. The summed E-state index contributed by atoms with van der Waals surface area (Å²) in [7, 11) is -3.31. The summed E-state index contributed by atoms with van der Waals surface area (Å²) in [5.74, 6) is 0.904. The predicted molar refractivity (Wildman–Crippen MR) is 77.7 cm³/mol. The summed E-state index contributed by atoms with van der Waals surface area (Å²) in [4.78, 5) is 6.33. The minimum absolute atomic E-state index is 0.0102. The highest BCUT2D eigenvalue weighted by molar-refractivity contribution is 7.87. The highest BCUT2D eigenvalue weighted by atomic mass is 32.2. The zero-order chi connectivity index (χ0) is 14.0. The first-order chi connectivity index (χ1) is 9.65. The number of pyridine rings is 1. The Morgan fingerprint density at radius 1 is 1.15 bits per heavy atom. The average molecular weight is 296 g/mol. The summed E-state index contributed by atoms with van der Waals surface area (Å²) in [5, 5.41) is 0. The van der Waals surface area contributed by atoms with Gasteiger partial charge in [0.2, 0.25) is 0 Å². The molecule has 2 aliphatic heterocycles. The topological polar surface area (TPSA) is 65.5 Å². The molecule has 3 rings (SSSR count). The lowest BCUT2D eigenvalue weighted by atomic mass is 10.1. The van der Waals surface area contributed by atoms with Crippen LogP contribution in [-0.2, 0) is 10.2 Å². The van der Waals surface area contributed by atoms with Gasteiger partial charge in [-0.2, -0.15) is 17.4 Å². The van der Waals surface area contributed by atoms with Gasteiger partial charge in [0.05, 0.1) is 6.04 Å². The van der Waals surface area contributed by atoms with E-state index < -0.39 is 10.2 Å². The van der Waals surface area contributed by atoms with Crippen LogP contribution in [0.1, 0.15) is 19.3 Å². The first-order valence-electron chi connectivity index (χ1n) is 7.08. The van der Waals surface area contributed by atoms with Gasteiger partial charge in [-0.05, 0) is 25.0 Å². The molecule has 2 fully saturated rings. The molecular formula is C13H20N4O2S. The quantitative estimate of drug-likeness (QED) is 0.883. The Morgan fingerprint density at radius 2 is 1.90 bits per heavy atom. The van der Waals surface area contributed by atoms with E-state index in [2.05, 4.69) is 14.6 Å². The number of anilines is 1. The molecule has 0 aliphatic carbocycles. The maximum Gasteiger partial charge on any atom is 0.279 e. The van der Waals surface area contributed by atoms with Crippen LogP contribution in [0.25, 0.3) is 0 Å². The van der Waals surface area contributed by atoms with E-state index in [1.807, 2.05) is 18.2 Å². The van der Waals surface area contributed by atoms with Crippen molar-refractivity contribution < 1.29 is 8.42 Å². The first kappa shape index (κ1) is 13.8. The molecule has 7 heteroatoms. The van der Waals surface area contributed by atoms with Crippen LogP contribution in [-0.4, -0.2) is 49.9 Å². The summed E-state index contributed by atoms with van der Waals surface area (Å²) in [6, 6.07) is 5.74. The second-order valence-electron chi connectivity index (χ2n) is 5.37. The molecule has 2 saturated heterocycles. The van der Waals surface area contributed by atoms with Crippen molar-refractivity contribution in [2.45, 2.75) is 25.3 Å². The molecule has 0 amide bonds. The Morgan fingerprint density at radius 3 is 2.55 bits per heavy atom. The van der Waals surface area contributed by atoms with E-state index in [0.717, 1.165) is 25.1 Å². The third-order valence-electron chi connectivity index (χ3n) is 3.83. The van der Waals surface area contributed by atoms with Gasteiger partial charge in [-0.15, -0.1) is 0 Å². The minimum Gasteiger partial charge on any atom is -0.353 e. The third-order valence-corrected chi connectivity index (χ3v) is 5.50. The molecule has 3 heterocycles. The molecular weight excluding hydrogens is 276 g/mol. The Labute approximate surface area is 120 Å². The largest absolute Gasteiger partial charge is 0.353 e.